The quantitative estimate of drug-likeness (QED) is 0.295. The third-order valence-corrected chi connectivity index (χ3v) is 10.5. The lowest BCUT2D eigenvalue weighted by Gasteiger charge is -2.37. The maximum Gasteiger partial charge on any atom is 0.319 e. The van der Waals surface area contributed by atoms with E-state index in [4.69, 9.17) is 16.3 Å². The van der Waals surface area contributed by atoms with Crippen LogP contribution in [0.3, 0.4) is 0 Å². The van der Waals surface area contributed by atoms with Crippen LogP contribution in [0, 0.1) is 5.82 Å². The van der Waals surface area contributed by atoms with Gasteiger partial charge in [0, 0.05) is 54.3 Å². The number of alkyl halides is 2. The molecule has 1 amide bonds. The Morgan fingerprint density at radius 1 is 1.15 bits per heavy atom. The van der Waals surface area contributed by atoms with Gasteiger partial charge >= 0.3 is 6.01 Å². The minimum Gasteiger partial charge on any atom is -0.461 e. The second-order valence-electron chi connectivity index (χ2n) is 13.3. The number of amides is 1. The third kappa shape index (κ3) is 5.34. The number of carbonyl (C=O) groups excluding carboxylic acids is 1. The van der Waals surface area contributed by atoms with Gasteiger partial charge in [-0.25, -0.2) is 13.2 Å². The summed E-state index contributed by atoms with van der Waals surface area (Å²) < 4.78 is 52.8. The molecule has 1 aromatic carbocycles. The number of nitrogens with zero attached hydrogens (tertiary/aromatic N) is 6. The fourth-order valence-electron chi connectivity index (χ4n) is 8.00. The molecule has 3 N–H and O–H groups in total. The summed E-state index contributed by atoms with van der Waals surface area (Å²) >= 11 is 6.73. The first-order chi connectivity index (χ1) is 22.7. The van der Waals surface area contributed by atoms with Gasteiger partial charge in [0.25, 0.3) is 5.91 Å². The van der Waals surface area contributed by atoms with Crippen LogP contribution in [0.25, 0.3) is 33.1 Å². The van der Waals surface area contributed by atoms with Crippen molar-refractivity contribution in [2.24, 2.45) is 0 Å². The molecule has 0 unspecified atom stereocenters. The van der Waals surface area contributed by atoms with Crippen molar-refractivity contribution in [1.29, 1.82) is 0 Å². The van der Waals surface area contributed by atoms with Gasteiger partial charge in [-0.05, 0) is 56.7 Å². The zero-order chi connectivity index (χ0) is 32.4. The number of H-pyrrole nitrogens is 1. The Morgan fingerprint density at radius 3 is 2.89 bits per heavy atom. The van der Waals surface area contributed by atoms with E-state index in [0.29, 0.717) is 40.0 Å². The Balaban J connectivity index is 1.30. The van der Waals surface area contributed by atoms with Gasteiger partial charge < -0.3 is 20.1 Å². The van der Waals surface area contributed by atoms with Crippen LogP contribution in [0.15, 0.2) is 18.5 Å². The van der Waals surface area contributed by atoms with E-state index in [1.807, 2.05) is 0 Å². The topological polar surface area (TPSA) is 132 Å². The molecule has 5 atom stereocenters. The number of aromatic amines is 1. The molecule has 6 bridgehead atoms. The number of aliphatic hydroxyl groups excluding tert-OH is 1. The second kappa shape index (κ2) is 11.7. The van der Waals surface area contributed by atoms with Crippen molar-refractivity contribution in [3.63, 3.8) is 0 Å². The van der Waals surface area contributed by atoms with Crippen LogP contribution in [-0.2, 0) is 11.2 Å². The van der Waals surface area contributed by atoms with Gasteiger partial charge in [0.1, 0.15) is 29.8 Å². The van der Waals surface area contributed by atoms with Gasteiger partial charge in [-0.1, -0.05) is 11.6 Å². The molecule has 0 aliphatic carbocycles. The molecule has 0 spiro atoms. The van der Waals surface area contributed by atoms with Gasteiger partial charge in [0.05, 0.1) is 28.7 Å². The summed E-state index contributed by atoms with van der Waals surface area (Å²) in [5.41, 5.74) is 0.940. The average molecular weight is 671 g/mol. The van der Waals surface area contributed by atoms with Crippen molar-refractivity contribution in [2.45, 2.75) is 75.0 Å². The molecule has 5 aliphatic heterocycles. The summed E-state index contributed by atoms with van der Waals surface area (Å²) in [6, 6.07) is 0.985. The number of pyridine rings is 1. The predicted octanol–water partition coefficient (Wildman–Crippen LogP) is 4.05. The van der Waals surface area contributed by atoms with E-state index in [1.165, 1.54) is 6.20 Å². The first kappa shape index (κ1) is 30.6. The van der Waals surface area contributed by atoms with E-state index < -0.39 is 41.8 Å². The van der Waals surface area contributed by atoms with Gasteiger partial charge in [0.2, 0.25) is 0 Å². The molecule has 3 aromatic heterocycles. The number of ether oxygens (including phenoxy) is 1. The third-order valence-electron chi connectivity index (χ3n) is 10.2. The number of aromatic nitrogens is 5. The molecule has 9 rings (SSSR count). The van der Waals surface area contributed by atoms with Gasteiger partial charge in [0.15, 0.2) is 12.0 Å². The maximum atomic E-state index is 17.0. The monoisotopic (exact) mass is 670 g/mol. The highest BCUT2D eigenvalue weighted by Gasteiger charge is 2.49. The molecular formula is C32H34ClF3N8O3. The Morgan fingerprint density at radius 2 is 2.02 bits per heavy atom. The van der Waals surface area contributed by atoms with Crippen molar-refractivity contribution in [3.05, 3.63) is 34.9 Å². The number of carbonyl (C=O) groups is 1. The Kier molecular flexibility index (Phi) is 7.64. The SMILES string of the molecule is O=C1N[C@@H]2C[C@H](O)CN(C2)c2nc(OC[C@@]34CCCN3C[C@H](F)C4)nc3c(F)c(ncc23)-c2c(c(Cl)cc3[nH]ncc23)CCC[C@H]1F. The number of aliphatic hydroxyl groups is 1. The van der Waals surface area contributed by atoms with Crippen LogP contribution < -0.4 is 15.0 Å². The van der Waals surface area contributed by atoms with E-state index in [2.05, 4.69) is 35.4 Å². The van der Waals surface area contributed by atoms with Crippen molar-refractivity contribution < 1.29 is 27.8 Å². The highest BCUT2D eigenvalue weighted by Crippen LogP contribution is 2.42. The van der Waals surface area contributed by atoms with Gasteiger partial charge in [-0.3, -0.25) is 19.8 Å². The molecule has 3 saturated heterocycles. The summed E-state index contributed by atoms with van der Waals surface area (Å²) in [5, 5.41) is 21.7. The Labute approximate surface area is 272 Å². The van der Waals surface area contributed by atoms with Gasteiger partial charge in [-0.15, -0.1) is 0 Å². The lowest BCUT2D eigenvalue weighted by Crippen LogP contribution is -2.54. The minimum atomic E-state index is -1.79. The van der Waals surface area contributed by atoms with Crippen LogP contribution in [0.5, 0.6) is 6.01 Å². The molecule has 0 saturated carbocycles. The average Bonchev–Trinajstić information content (AvgIpc) is 3.74. The lowest BCUT2D eigenvalue weighted by molar-refractivity contribution is -0.127. The Hall–Kier alpha value is -3.75. The van der Waals surface area contributed by atoms with Crippen LogP contribution in [-0.4, -0.2) is 104 Å². The highest BCUT2D eigenvalue weighted by atomic mass is 35.5. The van der Waals surface area contributed by atoms with E-state index in [1.54, 1.807) is 17.2 Å². The molecule has 248 valence electrons. The lowest BCUT2D eigenvalue weighted by atomic mass is 9.94. The number of halogens is 4. The van der Waals surface area contributed by atoms with Crippen molar-refractivity contribution in [2.75, 3.05) is 37.7 Å². The summed E-state index contributed by atoms with van der Waals surface area (Å²) in [6.45, 7) is 1.56. The second-order valence-corrected chi connectivity index (χ2v) is 13.7. The maximum absolute atomic E-state index is 17.0. The van der Waals surface area contributed by atoms with Crippen LogP contribution in [0.4, 0.5) is 19.0 Å². The summed E-state index contributed by atoms with van der Waals surface area (Å²) in [5.74, 6) is -1.24. The van der Waals surface area contributed by atoms with E-state index in [0.717, 1.165) is 19.4 Å². The smallest absolute Gasteiger partial charge is 0.319 e. The standard InChI is InChI=1S/C32H34ClF3N8O3/c33-22-8-24-20(11-38-42-24)25-19(22)3-1-4-23(35)30(46)39-17-7-18(45)14-43(13-17)29-21-10-37-28(25)26(36)27(21)40-31(41-29)47-15-32-5-2-6-44(32)12-16(34)9-32/h8,10-11,16-18,23,45H,1-7,9,12-15H2,(H,38,42)(H,39,46)/t16-,17-,18+,23-,32+/m1/s1. The summed E-state index contributed by atoms with van der Waals surface area (Å²) in [4.78, 5) is 30.6. The number of piperidine rings is 1. The van der Waals surface area contributed by atoms with E-state index >= 15 is 8.78 Å². The molecular weight excluding hydrogens is 637 g/mol. The molecule has 47 heavy (non-hydrogen) atoms. The van der Waals surface area contributed by atoms with Crippen molar-refractivity contribution >= 4 is 45.1 Å². The molecule has 0 radical (unpaired) electrons. The number of fused-ring (bicyclic) bond motifs is 8. The number of rotatable bonds is 3. The fraction of sp³-hybridized carbons (Fsp3) is 0.531. The predicted molar refractivity (Wildman–Crippen MR) is 169 cm³/mol. The zero-order valence-corrected chi connectivity index (χ0v) is 26.2. The van der Waals surface area contributed by atoms with Gasteiger partial charge in [-0.2, -0.15) is 15.1 Å². The Bertz CT molecular complexity index is 1880. The number of hydrogen-bond acceptors (Lipinski definition) is 9. The van der Waals surface area contributed by atoms with Crippen molar-refractivity contribution in [1.82, 2.24) is 35.4 Å². The van der Waals surface area contributed by atoms with Crippen LogP contribution in [0.1, 0.15) is 44.1 Å². The highest BCUT2D eigenvalue weighted by molar-refractivity contribution is 6.33. The van der Waals surface area contributed by atoms with Crippen molar-refractivity contribution in [3.8, 4) is 17.3 Å². The zero-order valence-electron chi connectivity index (χ0n) is 25.5. The molecule has 4 aromatic rings. The minimum absolute atomic E-state index is 0.0215. The number of benzene rings is 1. The molecule has 3 fully saturated rings. The number of nitrogens with one attached hydrogen (secondary N) is 2. The number of anilines is 1. The van der Waals surface area contributed by atoms with Crippen LogP contribution >= 0.6 is 11.6 Å². The number of hydrogen-bond donors (Lipinski definition) is 3. The summed E-state index contributed by atoms with van der Waals surface area (Å²) in [6.07, 6.45) is 2.08. The van der Waals surface area contributed by atoms with Crippen LogP contribution in [0.2, 0.25) is 5.02 Å². The first-order valence-corrected chi connectivity index (χ1v) is 16.5. The summed E-state index contributed by atoms with van der Waals surface area (Å²) in [7, 11) is 0. The first-order valence-electron chi connectivity index (χ1n) is 16.1. The normalized spacial score (nSPS) is 28.3. The molecule has 8 heterocycles. The van der Waals surface area contributed by atoms with E-state index in [-0.39, 0.29) is 73.8 Å². The molecule has 5 aliphatic rings. The fourth-order valence-corrected chi connectivity index (χ4v) is 8.29. The molecule has 15 heteroatoms. The largest absolute Gasteiger partial charge is 0.461 e. The van der Waals surface area contributed by atoms with E-state index in [9.17, 15) is 14.3 Å². The molecule has 11 nitrogen and oxygen atoms in total.